The highest BCUT2D eigenvalue weighted by Gasteiger charge is 2.30. The van der Waals surface area contributed by atoms with Crippen molar-refractivity contribution in [2.45, 2.75) is 44.7 Å². The van der Waals surface area contributed by atoms with E-state index in [0.717, 1.165) is 21.9 Å². The minimum atomic E-state index is -3.90. The number of aryl methyl sites for hydroxylation is 1. The highest BCUT2D eigenvalue weighted by molar-refractivity contribution is 7.89. The van der Waals surface area contributed by atoms with Gasteiger partial charge in [0.25, 0.3) is 0 Å². The van der Waals surface area contributed by atoms with E-state index in [1.165, 1.54) is 36.2 Å². The van der Waals surface area contributed by atoms with Crippen molar-refractivity contribution in [3.63, 3.8) is 0 Å². The van der Waals surface area contributed by atoms with Gasteiger partial charge in [-0.2, -0.15) is 4.31 Å². The van der Waals surface area contributed by atoms with Gasteiger partial charge >= 0.3 is 0 Å². The SMILES string of the molecule is CCCNC(=O)C(C)N(Cc1cccc(C)c1)C(=O)CN(C)S(=O)(=O)c1ccc(Cl)cc1. The first kappa shape index (κ1) is 25.8. The lowest BCUT2D eigenvalue weighted by Crippen LogP contribution is -2.50. The molecule has 0 bridgehead atoms. The Morgan fingerprint density at radius 2 is 1.78 bits per heavy atom. The number of nitrogens with zero attached hydrogens (tertiary/aromatic N) is 2. The Bertz CT molecular complexity index is 1040. The first-order valence-electron chi connectivity index (χ1n) is 10.4. The zero-order chi connectivity index (χ0) is 23.9. The van der Waals surface area contributed by atoms with Crippen molar-refractivity contribution in [2.24, 2.45) is 0 Å². The third kappa shape index (κ3) is 6.79. The van der Waals surface area contributed by atoms with E-state index in [-0.39, 0.29) is 17.3 Å². The second kappa shape index (κ2) is 11.4. The molecule has 0 spiro atoms. The summed E-state index contributed by atoms with van der Waals surface area (Å²) in [6.45, 7) is 5.82. The molecule has 0 aromatic heterocycles. The van der Waals surface area contributed by atoms with Crippen LogP contribution in [0.5, 0.6) is 0 Å². The molecule has 0 aliphatic carbocycles. The van der Waals surface area contributed by atoms with Crippen molar-refractivity contribution in [3.05, 3.63) is 64.7 Å². The van der Waals surface area contributed by atoms with Crippen LogP contribution in [-0.4, -0.2) is 55.6 Å². The lowest BCUT2D eigenvalue weighted by molar-refractivity contribution is -0.140. The Hall–Kier alpha value is -2.42. The molecule has 0 radical (unpaired) electrons. The van der Waals surface area contributed by atoms with Gasteiger partial charge in [0.15, 0.2) is 0 Å². The van der Waals surface area contributed by atoms with Gasteiger partial charge in [0, 0.05) is 25.2 Å². The summed E-state index contributed by atoms with van der Waals surface area (Å²) < 4.78 is 26.7. The van der Waals surface area contributed by atoms with Crippen LogP contribution >= 0.6 is 11.6 Å². The Balaban J connectivity index is 2.25. The van der Waals surface area contributed by atoms with Crippen molar-refractivity contribution in [1.82, 2.24) is 14.5 Å². The van der Waals surface area contributed by atoms with E-state index in [4.69, 9.17) is 11.6 Å². The fourth-order valence-electron chi connectivity index (χ4n) is 3.14. The predicted octanol–water partition coefficient (Wildman–Crippen LogP) is 3.21. The van der Waals surface area contributed by atoms with Gasteiger partial charge in [0.2, 0.25) is 21.8 Å². The number of hydrogen-bond acceptors (Lipinski definition) is 4. The number of halogens is 1. The molecular formula is C23H30ClN3O4S. The normalized spacial score (nSPS) is 12.4. The standard InChI is InChI=1S/C23H30ClN3O4S/c1-5-13-25-23(29)18(3)27(15-19-8-6-7-17(2)14-19)22(28)16-26(4)32(30,31)21-11-9-20(24)10-12-21/h6-12,14,18H,5,13,15-16H2,1-4H3,(H,25,29). The number of rotatable bonds is 10. The topological polar surface area (TPSA) is 86.8 Å². The van der Waals surface area contributed by atoms with Gasteiger partial charge in [-0.3, -0.25) is 9.59 Å². The molecule has 0 aliphatic heterocycles. The lowest BCUT2D eigenvalue weighted by Gasteiger charge is -2.30. The van der Waals surface area contributed by atoms with Gasteiger partial charge in [-0.15, -0.1) is 0 Å². The molecule has 9 heteroatoms. The van der Waals surface area contributed by atoms with Crippen LogP contribution in [0.2, 0.25) is 5.02 Å². The van der Waals surface area contributed by atoms with Crippen molar-refractivity contribution in [3.8, 4) is 0 Å². The largest absolute Gasteiger partial charge is 0.354 e. The summed E-state index contributed by atoms with van der Waals surface area (Å²) in [6, 6.07) is 12.6. The van der Waals surface area contributed by atoms with Gasteiger partial charge in [0.05, 0.1) is 11.4 Å². The lowest BCUT2D eigenvalue weighted by atomic mass is 10.1. The summed E-state index contributed by atoms with van der Waals surface area (Å²) in [5, 5.41) is 3.22. The maximum Gasteiger partial charge on any atom is 0.243 e. The van der Waals surface area contributed by atoms with E-state index < -0.39 is 28.5 Å². The van der Waals surface area contributed by atoms with Crippen LogP contribution in [0.25, 0.3) is 0 Å². The third-order valence-electron chi connectivity index (χ3n) is 5.03. The number of sulfonamides is 1. The summed E-state index contributed by atoms with van der Waals surface area (Å²) in [5.41, 5.74) is 1.89. The minimum Gasteiger partial charge on any atom is -0.354 e. The van der Waals surface area contributed by atoms with Crippen molar-refractivity contribution in [1.29, 1.82) is 0 Å². The van der Waals surface area contributed by atoms with Gasteiger partial charge in [-0.1, -0.05) is 48.4 Å². The van der Waals surface area contributed by atoms with Crippen LogP contribution in [-0.2, 0) is 26.2 Å². The summed E-state index contributed by atoms with van der Waals surface area (Å²) in [6.07, 6.45) is 0.770. The smallest absolute Gasteiger partial charge is 0.243 e. The van der Waals surface area contributed by atoms with Crippen LogP contribution in [0, 0.1) is 6.92 Å². The fourth-order valence-corrected chi connectivity index (χ4v) is 4.38. The molecule has 174 valence electrons. The quantitative estimate of drug-likeness (QED) is 0.566. The molecule has 32 heavy (non-hydrogen) atoms. The van der Waals surface area contributed by atoms with E-state index in [0.29, 0.717) is 11.6 Å². The van der Waals surface area contributed by atoms with E-state index in [9.17, 15) is 18.0 Å². The number of carbonyl (C=O) groups is 2. The van der Waals surface area contributed by atoms with Crippen LogP contribution in [0.15, 0.2) is 53.4 Å². The Morgan fingerprint density at radius 1 is 1.12 bits per heavy atom. The Kier molecular flexibility index (Phi) is 9.24. The van der Waals surface area contributed by atoms with Crippen molar-refractivity contribution < 1.29 is 18.0 Å². The molecule has 2 aromatic rings. The zero-order valence-electron chi connectivity index (χ0n) is 18.8. The van der Waals surface area contributed by atoms with E-state index >= 15 is 0 Å². The molecular weight excluding hydrogens is 450 g/mol. The number of carbonyl (C=O) groups excluding carboxylic acids is 2. The average molecular weight is 480 g/mol. The second-order valence-electron chi connectivity index (χ2n) is 7.69. The molecule has 2 amide bonds. The average Bonchev–Trinajstić information content (AvgIpc) is 2.75. The Labute approximate surface area is 195 Å². The zero-order valence-corrected chi connectivity index (χ0v) is 20.4. The van der Waals surface area contributed by atoms with Gasteiger partial charge < -0.3 is 10.2 Å². The van der Waals surface area contributed by atoms with Crippen molar-refractivity contribution in [2.75, 3.05) is 20.1 Å². The maximum absolute atomic E-state index is 13.2. The number of amides is 2. The van der Waals surface area contributed by atoms with E-state index in [2.05, 4.69) is 5.32 Å². The molecule has 1 atom stereocenters. The first-order chi connectivity index (χ1) is 15.1. The summed E-state index contributed by atoms with van der Waals surface area (Å²) >= 11 is 5.85. The number of benzene rings is 2. The highest BCUT2D eigenvalue weighted by atomic mass is 35.5. The Morgan fingerprint density at radius 3 is 2.38 bits per heavy atom. The molecule has 2 rings (SSSR count). The number of hydrogen-bond donors (Lipinski definition) is 1. The molecule has 2 aromatic carbocycles. The predicted molar refractivity (Wildman–Crippen MR) is 126 cm³/mol. The molecule has 7 nitrogen and oxygen atoms in total. The molecule has 1 N–H and O–H groups in total. The van der Waals surface area contributed by atoms with Gasteiger partial charge in [-0.05, 0) is 50.1 Å². The second-order valence-corrected chi connectivity index (χ2v) is 10.2. The third-order valence-corrected chi connectivity index (χ3v) is 7.10. The molecule has 1 unspecified atom stereocenters. The maximum atomic E-state index is 13.2. The van der Waals surface area contributed by atoms with Crippen LogP contribution < -0.4 is 5.32 Å². The molecule has 0 saturated carbocycles. The number of likely N-dealkylation sites (N-methyl/N-ethyl adjacent to an activating group) is 1. The first-order valence-corrected chi connectivity index (χ1v) is 12.2. The summed E-state index contributed by atoms with van der Waals surface area (Å²) in [5.74, 6) is -0.748. The van der Waals surface area contributed by atoms with Gasteiger partial charge in [-0.25, -0.2) is 8.42 Å². The molecule has 0 fully saturated rings. The van der Waals surface area contributed by atoms with Crippen LogP contribution in [0.3, 0.4) is 0 Å². The molecule has 0 aliphatic rings. The fraction of sp³-hybridized carbons (Fsp3) is 0.391. The minimum absolute atomic E-state index is 0.0381. The molecule has 0 saturated heterocycles. The summed E-state index contributed by atoms with van der Waals surface area (Å²) in [4.78, 5) is 27.3. The monoisotopic (exact) mass is 479 g/mol. The highest BCUT2D eigenvalue weighted by Crippen LogP contribution is 2.18. The van der Waals surface area contributed by atoms with E-state index in [1.807, 2.05) is 38.1 Å². The molecule has 0 heterocycles. The number of nitrogens with one attached hydrogen (secondary N) is 1. The van der Waals surface area contributed by atoms with Crippen LogP contribution in [0.4, 0.5) is 0 Å². The van der Waals surface area contributed by atoms with Gasteiger partial charge in [0.1, 0.15) is 6.04 Å². The van der Waals surface area contributed by atoms with Crippen molar-refractivity contribution >= 4 is 33.4 Å². The van der Waals surface area contributed by atoms with E-state index in [1.54, 1.807) is 6.92 Å². The van der Waals surface area contributed by atoms with Crippen LogP contribution in [0.1, 0.15) is 31.4 Å². The summed E-state index contributed by atoms with van der Waals surface area (Å²) in [7, 11) is -2.56.